The molecule has 1 heterocycles. The van der Waals surface area contributed by atoms with Gasteiger partial charge in [-0.2, -0.15) is 0 Å². The number of carbonyl (C=O) groups excluding carboxylic acids is 1. The van der Waals surface area contributed by atoms with Crippen molar-refractivity contribution in [2.75, 3.05) is 6.61 Å². The lowest BCUT2D eigenvalue weighted by Crippen LogP contribution is -2.07. The zero-order chi connectivity index (χ0) is 13.7. The van der Waals surface area contributed by atoms with Gasteiger partial charge in [-0.1, -0.05) is 18.2 Å². The van der Waals surface area contributed by atoms with Crippen LogP contribution in [0.2, 0.25) is 0 Å². The third kappa shape index (κ3) is 3.10. The molecule has 4 nitrogen and oxygen atoms in total. The molecule has 1 aromatic carbocycles. The summed E-state index contributed by atoms with van der Waals surface area (Å²) >= 11 is 0. The number of fused-ring (bicyclic) bond motifs is 1. The molecule has 0 amide bonds. The van der Waals surface area contributed by atoms with E-state index in [2.05, 4.69) is 0 Å². The molecule has 0 spiro atoms. The minimum absolute atomic E-state index is 0.00113. The molecule has 2 rings (SSSR count). The van der Waals surface area contributed by atoms with Crippen LogP contribution in [0.25, 0.3) is 10.9 Å². The summed E-state index contributed by atoms with van der Waals surface area (Å²) in [6.07, 6.45) is 4.84. The summed E-state index contributed by atoms with van der Waals surface area (Å²) in [5.74, 6) is -0.354. The molecule has 4 heteroatoms. The summed E-state index contributed by atoms with van der Waals surface area (Å²) in [4.78, 5) is 22.9. The molecular weight excluding hydrogens is 242 g/mol. The first-order chi connectivity index (χ1) is 9.22. The van der Waals surface area contributed by atoms with Crippen LogP contribution in [0.4, 0.5) is 0 Å². The van der Waals surface area contributed by atoms with Crippen molar-refractivity contribution in [1.82, 2.24) is 4.57 Å². The van der Waals surface area contributed by atoms with Crippen molar-refractivity contribution in [3.8, 4) is 0 Å². The molecule has 0 N–H and O–H groups in total. The van der Waals surface area contributed by atoms with Gasteiger partial charge in [0.05, 0.1) is 12.1 Å². The van der Waals surface area contributed by atoms with Crippen LogP contribution in [0.1, 0.15) is 6.92 Å². The number of ether oxygens (including phenoxy) is 1. The number of nitrogens with zero attached hydrogens (tertiary/aromatic N) is 1. The highest BCUT2D eigenvalue weighted by molar-refractivity contribution is 5.82. The molecule has 0 fully saturated rings. The third-order valence-electron chi connectivity index (χ3n) is 2.73. The lowest BCUT2D eigenvalue weighted by Gasteiger charge is -2.07. The quantitative estimate of drug-likeness (QED) is 0.622. The topological polar surface area (TPSA) is 48.3 Å². The lowest BCUT2D eigenvalue weighted by atomic mass is 10.2. The van der Waals surface area contributed by atoms with Crippen LogP contribution in [0.15, 0.2) is 53.5 Å². The first kappa shape index (κ1) is 13.1. The highest BCUT2D eigenvalue weighted by Gasteiger charge is 2.00. The lowest BCUT2D eigenvalue weighted by molar-refractivity contribution is -0.137. The highest BCUT2D eigenvalue weighted by Crippen LogP contribution is 2.09. The van der Waals surface area contributed by atoms with Crippen LogP contribution >= 0.6 is 0 Å². The van der Waals surface area contributed by atoms with Crippen molar-refractivity contribution in [2.45, 2.75) is 13.5 Å². The standard InChI is InChI=1S/C15H15NO3/c1-2-19-15(18)8-5-10-16-11-9-14(17)12-6-3-4-7-13(12)16/h3-9,11H,2,10H2,1H3/b8-5+. The van der Waals surface area contributed by atoms with Crippen LogP contribution < -0.4 is 5.43 Å². The Kier molecular flexibility index (Phi) is 4.13. The second-order valence-corrected chi connectivity index (χ2v) is 4.00. The number of pyridine rings is 1. The number of benzene rings is 1. The van der Waals surface area contributed by atoms with Crippen molar-refractivity contribution in [1.29, 1.82) is 0 Å². The number of hydrogen-bond acceptors (Lipinski definition) is 3. The zero-order valence-corrected chi connectivity index (χ0v) is 10.7. The van der Waals surface area contributed by atoms with Crippen LogP contribution in [-0.4, -0.2) is 17.1 Å². The van der Waals surface area contributed by atoms with E-state index >= 15 is 0 Å². The highest BCUT2D eigenvalue weighted by atomic mass is 16.5. The monoisotopic (exact) mass is 257 g/mol. The Hall–Kier alpha value is -2.36. The largest absolute Gasteiger partial charge is 0.463 e. The molecule has 0 aliphatic heterocycles. The molecule has 0 radical (unpaired) electrons. The van der Waals surface area contributed by atoms with Gasteiger partial charge in [-0.05, 0) is 19.1 Å². The van der Waals surface area contributed by atoms with E-state index in [1.54, 1.807) is 25.3 Å². The summed E-state index contributed by atoms with van der Waals surface area (Å²) in [7, 11) is 0. The second-order valence-electron chi connectivity index (χ2n) is 4.00. The minimum atomic E-state index is -0.354. The maximum Gasteiger partial charge on any atom is 0.330 e. The molecule has 1 aromatic heterocycles. The first-order valence-electron chi connectivity index (χ1n) is 6.14. The Morgan fingerprint density at radius 1 is 1.32 bits per heavy atom. The molecule has 19 heavy (non-hydrogen) atoms. The van der Waals surface area contributed by atoms with Crippen molar-refractivity contribution in [2.24, 2.45) is 0 Å². The Morgan fingerprint density at radius 3 is 2.89 bits per heavy atom. The van der Waals surface area contributed by atoms with Crippen LogP contribution in [-0.2, 0) is 16.1 Å². The molecule has 0 aliphatic rings. The Bertz CT molecular complexity index is 670. The fourth-order valence-corrected chi connectivity index (χ4v) is 1.87. The molecule has 0 saturated carbocycles. The van der Waals surface area contributed by atoms with Gasteiger partial charge in [0.25, 0.3) is 0 Å². The molecule has 0 saturated heterocycles. The third-order valence-corrected chi connectivity index (χ3v) is 2.73. The fraction of sp³-hybridized carbons (Fsp3) is 0.200. The normalized spacial score (nSPS) is 11.0. The van der Waals surface area contributed by atoms with Gasteiger partial charge in [0.1, 0.15) is 0 Å². The van der Waals surface area contributed by atoms with E-state index in [0.717, 1.165) is 5.52 Å². The Balaban J connectivity index is 2.24. The van der Waals surface area contributed by atoms with Gasteiger partial charge in [-0.3, -0.25) is 4.79 Å². The SMILES string of the molecule is CCOC(=O)/C=C/Cn1ccc(=O)c2ccccc21. The maximum absolute atomic E-state index is 11.7. The van der Waals surface area contributed by atoms with Gasteiger partial charge >= 0.3 is 5.97 Å². The predicted octanol–water partition coefficient (Wildman–Crippen LogP) is 2.12. The van der Waals surface area contributed by atoms with Gasteiger partial charge in [-0.25, -0.2) is 4.79 Å². The number of para-hydroxylation sites is 1. The van der Waals surface area contributed by atoms with Crippen LogP contribution in [0, 0.1) is 0 Å². The smallest absolute Gasteiger partial charge is 0.330 e. The Labute approximate surface area is 110 Å². The predicted molar refractivity (Wildman–Crippen MR) is 74.0 cm³/mol. The first-order valence-corrected chi connectivity index (χ1v) is 6.14. The van der Waals surface area contributed by atoms with E-state index < -0.39 is 0 Å². The van der Waals surface area contributed by atoms with Gasteiger partial charge < -0.3 is 9.30 Å². The number of rotatable bonds is 4. The van der Waals surface area contributed by atoms with Gasteiger partial charge in [0.2, 0.25) is 0 Å². The Morgan fingerprint density at radius 2 is 2.11 bits per heavy atom. The van der Waals surface area contributed by atoms with E-state index in [4.69, 9.17) is 4.74 Å². The summed E-state index contributed by atoms with van der Waals surface area (Å²) in [5, 5.41) is 0.675. The average molecular weight is 257 g/mol. The fourth-order valence-electron chi connectivity index (χ4n) is 1.87. The molecule has 0 unspecified atom stereocenters. The van der Waals surface area contributed by atoms with Crippen molar-refractivity contribution < 1.29 is 9.53 Å². The number of carbonyl (C=O) groups is 1. The van der Waals surface area contributed by atoms with Gasteiger partial charge in [0.15, 0.2) is 5.43 Å². The summed E-state index contributed by atoms with van der Waals surface area (Å²) < 4.78 is 6.71. The van der Waals surface area contributed by atoms with E-state index in [1.807, 2.05) is 22.8 Å². The van der Waals surface area contributed by atoms with E-state index in [9.17, 15) is 9.59 Å². The van der Waals surface area contributed by atoms with E-state index in [0.29, 0.717) is 18.5 Å². The van der Waals surface area contributed by atoms with E-state index in [-0.39, 0.29) is 11.4 Å². The molecule has 0 aliphatic carbocycles. The molecular formula is C15H15NO3. The molecule has 98 valence electrons. The van der Waals surface area contributed by atoms with Crippen LogP contribution in [0.5, 0.6) is 0 Å². The second kappa shape index (κ2) is 6.00. The van der Waals surface area contributed by atoms with Crippen molar-refractivity contribution in [3.63, 3.8) is 0 Å². The number of allylic oxidation sites excluding steroid dienone is 1. The minimum Gasteiger partial charge on any atom is -0.463 e. The van der Waals surface area contributed by atoms with Crippen LogP contribution in [0.3, 0.4) is 0 Å². The average Bonchev–Trinajstić information content (AvgIpc) is 2.42. The molecule has 0 bridgehead atoms. The number of hydrogen-bond donors (Lipinski definition) is 0. The van der Waals surface area contributed by atoms with E-state index in [1.165, 1.54) is 12.1 Å². The summed E-state index contributed by atoms with van der Waals surface area (Å²) in [5.41, 5.74) is 0.852. The number of aromatic nitrogens is 1. The van der Waals surface area contributed by atoms with Crippen molar-refractivity contribution >= 4 is 16.9 Å². The van der Waals surface area contributed by atoms with Gasteiger partial charge in [-0.15, -0.1) is 0 Å². The zero-order valence-electron chi connectivity index (χ0n) is 10.7. The molecule has 2 aromatic rings. The summed E-state index contributed by atoms with van der Waals surface area (Å²) in [6, 6.07) is 8.93. The van der Waals surface area contributed by atoms with Crippen molar-refractivity contribution in [3.05, 3.63) is 58.9 Å². The number of esters is 1. The summed E-state index contributed by atoms with van der Waals surface area (Å²) in [6.45, 7) is 2.64. The van der Waals surface area contributed by atoms with Gasteiger partial charge in [0, 0.05) is 30.3 Å². The molecule has 0 atom stereocenters. The maximum atomic E-state index is 11.7.